The molecule has 0 bridgehead atoms. The molecule has 3 heterocycles. The monoisotopic (exact) mass is 369 g/mol. The van der Waals surface area contributed by atoms with Crippen molar-refractivity contribution in [3.63, 3.8) is 0 Å². The van der Waals surface area contributed by atoms with E-state index in [1.807, 2.05) is 13.0 Å². The number of hydrogen-bond acceptors (Lipinski definition) is 4. The Morgan fingerprint density at radius 3 is 2.85 bits per heavy atom. The third-order valence-electron chi connectivity index (χ3n) is 5.10. The Morgan fingerprint density at radius 1 is 1.26 bits per heavy atom. The van der Waals surface area contributed by atoms with Crippen molar-refractivity contribution in [3.8, 4) is 0 Å². The average Bonchev–Trinajstić information content (AvgIpc) is 3.08. The quantitative estimate of drug-likeness (QED) is 0.814. The minimum atomic E-state index is -0.638. The fraction of sp³-hybridized carbons (Fsp3) is 0.350. The second-order valence-corrected chi connectivity index (χ2v) is 7.13. The van der Waals surface area contributed by atoms with E-state index in [-0.39, 0.29) is 18.4 Å². The second kappa shape index (κ2) is 6.74. The molecule has 0 N–H and O–H groups in total. The maximum atomic E-state index is 13.6. The summed E-state index contributed by atoms with van der Waals surface area (Å²) in [6.45, 7) is 3.03. The molecular weight excluding hydrogens is 349 g/mol. The maximum absolute atomic E-state index is 13.6. The van der Waals surface area contributed by atoms with Gasteiger partial charge in [-0.05, 0) is 43.2 Å². The molecule has 2 fully saturated rings. The Kier molecular flexibility index (Phi) is 4.39. The van der Waals surface area contributed by atoms with Crippen LogP contribution in [0, 0.1) is 12.7 Å². The summed E-state index contributed by atoms with van der Waals surface area (Å²) in [6.07, 6.45) is 2.28. The van der Waals surface area contributed by atoms with Gasteiger partial charge in [0, 0.05) is 18.4 Å². The lowest BCUT2D eigenvalue weighted by atomic mass is 10.00. The zero-order valence-corrected chi connectivity index (χ0v) is 15.0. The molecule has 1 unspecified atom stereocenters. The predicted octanol–water partition coefficient (Wildman–Crippen LogP) is 2.18. The molecule has 2 saturated heterocycles. The van der Waals surface area contributed by atoms with Gasteiger partial charge in [0.05, 0.1) is 13.1 Å². The van der Waals surface area contributed by atoms with Crippen molar-refractivity contribution in [1.82, 2.24) is 9.88 Å². The van der Waals surface area contributed by atoms with Gasteiger partial charge < -0.3 is 14.5 Å². The topological polar surface area (TPSA) is 62.7 Å². The Bertz CT molecular complexity index is 886. The molecule has 1 aromatic heterocycles. The number of pyridine rings is 1. The highest BCUT2D eigenvalue weighted by molar-refractivity contribution is 5.95. The summed E-state index contributed by atoms with van der Waals surface area (Å²) in [7, 11) is 0. The van der Waals surface area contributed by atoms with E-state index in [4.69, 9.17) is 4.74 Å². The van der Waals surface area contributed by atoms with Crippen molar-refractivity contribution in [2.75, 3.05) is 31.1 Å². The number of halogens is 1. The molecule has 0 aliphatic carbocycles. The van der Waals surface area contributed by atoms with Crippen LogP contribution >= 0.6 is 0 Å². The third-order valence-corrected chi connectivity index (χ3v) is 5.10. The number of morpholine rings is 1. The SMILES string of the molecule is Cc1ccc(C(=O)N2CCC3(C2)CN(c2cccc(F)c2)C(=O)CO3)nc1. The number of carbonyl (C=O) groups is 2. The number of aryl methyl sites for hydroxylation is 1. The van der Waals surface area contributed by atoms with Gasteiger partial charge in [0.25, 0.3) is 11.8 Å². The van der Waals surface area contributed by atoms with Gasteiger partial charge >= 0.3 is 0 Å². The van der Waals surface area contributed by atoms with Crippen LogP contribution in [0.1, 0.15) is 22.5 Å². The number of aromatic nitrogens is 1. The molecule has 1 atom stereocenters. The summed E-state index contributed by atoms with van der Waals surface area (Å²) < 4.78 is 19.4. The molecule has 1 spiro atoms. The smallest absolute Gasteiger partial charge is 0.272 e. The molecule has 2 amide bonds. The number of anilines is 1. The van der Waals surface area contributed by atoms with E-state index in [1.54, 1.807) is 34.2 Å². The van der Waals surface area contributed by atoms with Crippen LogP contribution in [-0.2, 0) is 9.53 Å². The van der Waals surface area contributed by atoms with Gasteiger partial charge in [-0.3, -0.25) is 14.6 Å². The zero-order valence-electron chi connectivity index (χ0n) is 15.0. The highest BCUT2D eigenvalue weighted by Crippen LogP contribution is 2.32. The fourth-order valence-corrected chi connectivity index (χ4v) is 3.62. The van der Waals surface area contributed by atoms with Crippen molar-refractivity contribution in [2.24, 2.45) is 0 Å². The van der Waals surface area contributed by atoms with E-state index in [0.717, 1.165) is 5.56 Å². The van der Waals surface area contributed by atoms with Crippen molar-refractivity contribution in [2.45, 2.75) is 18.9 Å². The summed E-state index contributed by atoms with van der Waals surface area (Å²) in [6, 6.07) is 9.53. The number of likely N-dealkylation sites (tertiary alicyclic amines) is 1. The van der Waals surface area contributed by atoms with Gasteiger partial charge in [-0.25, -0.2) is 4.39 Å². The van der Waals surface area contributed by atoms with E-state index in [2.05, 4.69) is 4.98 Å². The van der Waals surface area contributed by atoms with Crippen LogP contribution in [-0.4, -0.2) is 53.5 Å². The van der Waals surface area contributed by atoms with Crippen LogP contribution in [0.4, 0.5) is 10.1 Å². The first-order valence-electron chi connectivity index (χ1n) is 8.88. The minimum absolute atomic E-state index is 0.0820. The highest BCUT2D eigenvalue weighted by Gasteiger charge is 2.46. The molecule has 2 aliphatic rings. The number of amides is 2. The third kappa shape index (κ3) is 3.42. The molecule has 6 nitrogen and oxygen atoms in total. The van der Waals surface area contributed by atoms with Crippen molar-refractivity contribution in [1.29, 1.82) is 0 Å². The van der Waals surface area contributed by atoms with Gasteiger partial charge in [-0.15, -0.1) is 0 Å². The number of rotatable bonds is 2. The lowest BCUT2D eigenvalue weighted by Gasteiger charge is -2.40. The molecule has 27 heavy (non-hydrogen) atoms. The Labute approximate surface area is 156 Å². The number of nitrogens with zero attached hydrogens (tertiary/aromatic N) is 3. The van der Waals surface area contributed by atoms with Gasteiger partial charge in [-0.1, -0.05) is 12.1 Å². The Balaban J connectivity index is 1.51. The Morgan fingerprint density at radius 2 is 2.11 bits per heavy atom. The van der Waals surface area contributed by atoms with E-state index in [9.17, 15) is 14.0 Å². The highest BCUT2D eigenvalue weighted by atomic mass is 19.1. The van der Waals surface area contributed by atoms with Gasteiger partial charge in [0.2, 0.25) is 0 Å². The first-order valence-corrected chi connectivity index (χ1v) is 8.88. The molecule has 2 aliphatic heterocycles. The summed E-state index contributed by atoms with van der Waals surface area (Å²) in [4.78, 5) is 32.5. The van der Waals surface area contributed by atoms with Crippen LogP contribution in [0.5, 0.6) is 0 Å². The minimum Gasteiger partial charge on any atom is -0.361 e. The molecule has 140 valence electrons. The van der Waals surface area contributed by atoms with Crippen LogP contribution in [0.2, 0.25) is 0 Å². The summed E-state index contributed by atoms with van der Waals surface area (Å²) in [5, 5.41) is 0. The van der Waals surface area contributed by atoms with Crippen LogP contribution in [0.25, 0.3) is 0 Å². The molecular formula is C20H20FN3O3. The van der Waals surface area contributed by atoms with Crippen LogP contribution in [0.3, 0.4) is 0 Å². The molecule has 4 rings (SSSR count). The van der Waals surface area contributed by atoms with E-state index in [1.165, 1.54) is 12.1 Å². The molecule has 0 radical (unpaired) electrons. The first kappa shape index (κ1) is 17.6. The van der Waals surface area contributed by atoms with E-state index in [0.29, 0.717) is 37.4 Å². The number of benzene rings is 1. The standard InChI is InChI=1S/C20H20FN3O3/c1-14-5-6-17(22-10-14)19(26)23-8-7-20(12-23)13-24(18(25)11-27-20)16-4-2-3-15(21)9-16/h2-6,9-10H,7-8,11-13H2,1H3. The lowest BCUT2D eigenvalue weighted by Crippen LogP contribution is -2.56. The molecule has 1 aromatic carbocycles. The molecule has 0 saturated carbocycles. The molecule has 7 heteroatoms. The van der Waals surface area contributed by atoms with E-state index < -0.39 is 11.4 Å². The molecule has 2 aromatic rings. The zero-order chi connectivity index (χ0) is 19.0. The number of carbonyl (C=O) groups excluding carboxylic acids is 2. The van der Waals surface area contributed by atoms with Crippen LogP contribution in [0.15, 0.2) is 42.6 Å². The van der Waals surface area contributed by atoms with Gasteiger partial charge in [-0.2, -0.15) is 0 Å². The second-order valence-electron chi connectivity index (χ2n) is 7.13. The van der Waals surface area contributed by atoms with Crippen molar-refractivity contribution >= 4 is 17.5 Å². The summed E-state index contributed by atoms with van der Waals surface area (Å²) in [5.41, 5.74) is 1.25. The maximum Gasteiger partial charge on any atom is 0.272 e. The fourth-order valence-electron chi connectivity index (χ4n) is 3.62. The Hall–Kier alpha value is -2.80. The number of hydrogen-bond donors (Lipinski definition) is 0. The van der Waals surface area contributed by atoms with E-state index >= 15 is 0 Å². The first-order chi connectivity index (χ1) is 13.0. The summed E-state index contributed by atoms with van der Waals surface area (Å²) >= 11 is 0. The van der Waals surface area contributed by atoms with Crippen LogP contribution < -0.4 is 4.90 Å². The lowest BCUT2D eigenvalue weighted by molar-refractivity contribution is -0.137. The normalized spacial score (nSPS) is 22.5. The number of ether oxygens (including phenoxy) is 1. The summed E-state index contributed by atoms with van der Waals surface area (Å²) in [5.74, 6) is -0.754. The van der Waals surface area contributed by atoms with Crippen molar-refractivity contribution in [3.05, 3.63) is 59.7 Å². The van der Waals surface area contributed by atoms with Gasteiger partial charge in [0.1, 0.15) is 23.7 Å². The van der Waals surface area contributed by atoms with Crippen molar-refractivity contribution < 1.29 is 18.7 Å². The van der Waals surface area contributed by atoms with Gasteiger partial charge in [0.15, 0.2) is 0 Å². The largest absolute Gasteiger partial charge is 0.361 e. The average molecular weight is 369 g/mol. The predicted molar refractivity (Wildman–Crippen MR) is 96.9 cm³/mol.